The number of aromatic amines is 2. The third-order valence-corrected chi connectivity index (χ3v) is 5.11. The van der Waals surface area contributed by atoms with Gasteiger partial charge in [-0.3, -0.25) is 14.6 Å². The van der Waals surface area contributed by atoms with E-state index in [1.807, 2.05) is 18.8 Å². The Hall–Kier alpha value is -1.60. The Labute approximate surface area is 130 Å². The van der Waals surface area contributed by atoms with Gasteiger partial charge in [-0.25, -0.2) is 0 Å². The molecule has 110 valence electrons. The van der Waals surface area contributed by atoms with Gasteiger partial charge in [0.1, 0.15) is 0 Å². The van der Waals surface area contributed by atoms with Gasteiger partial charge in [0.25, 0.3) is 11.5 Å². The van der Waals surface area contributed by atoms with Crippen LogP contribution in [0.5, 0.6) is 0 Å². The van der Waals surface area contributed by atoms with Crippen molar-refractivity contribution in [3.8, 4) is 0 Å². The van der Waals surface area contributed by atoms with Crippen molar-refractivity contribution in [2.45, 2.75) is 12.5 Å². The van der Waals surface area contributed by atoms with E-state index in [1.165, 1.54) is 0 Å². The maximum Gasteiger partial charge on any atom is 0.259 e. The molecule has 1 amide bonds. The van der Waals surface area contributed by atoms with Crippen molar-refractivity contribution in [2.75, 3.05) is 18.6 Å². The summed E-state index contributed by atoms with van der Waals surface area (Å²) >= 11 is 6.84. The number of aromatic nitrogens is 2. The standard InChI is InChI=1S/C14H15N3O2S2/c1-17(9-4-5-21-7-9)13(19)8-2-3-10-11(6-8)15-14(20)16-12(10)18/h2-3,6,9H,4-5,7H2,1H3,(H2,15,16,18,20). The molecule has 5 nitrogen and oxygen atoms in total. The highest BCUT2D eigenvalue weighted by molar-refractivity contribution is 7.99. The number of nitrogens with zero attached hydrogens (tertiary/aromatic N) is 1. The lowest BCUT2D eigenvalue weighted by Crippen LogP contribution is -2.37. The number of hydrogen-bond donors (Lipinski definition) is 2. The van der Waals surface area contributed by atoms with Crippen LogP contribution in [0.2, 0.25) is 0 Å². The van der Waals surface area contributed by atoms with Crippen molar-refractivity contribution >= 4 is 40.8 Å². The Bertz CT molecular complexity index is 806. The Kier molecular flexibility index (Phi) is 3.86. The molecule has 0 spiro atoms. The minimum absolute atomic E-state index is 0.0241. The summed E-state index contributed by atoms with van der Waals surface area (Å²) in [5.41, 5.74) is 0.912. The van der Waals surface area contributed by atoms with Crippen LogP contribution in [0, 0.1) is 4.77 Å². The maximum absolute atomic E-state index is 12.5. The molecule has 7 heteroatoms. The minimum Gasteiger partial charge on any atom is -0.338 e. The zero-order valence-corrected chi connectivity index (χ0v) is 13.1. The molecule has 2 heterocycles. The first-order chi connectivity index (χ1) is 10.1. The van der Waals surface area contributed by atoms with Gasteiger partial charge in [0.2, 0.25) is 0 Å². The van der Waals surface area contributed by atoms with E-state index in [0.717, 1.165) is 17.9 Å². The quantitative estimate of drug-likeness (QED) is 0.832. The van der Waals surface area contributed by atoms with Gasteiger partial charge in [0.15, 0.2) is 4.77 Å². The number of carbonyl (C=O) groups is 1. The maximum atomic E-state index is 12.5. The normalized spacial score (nSPS) is 18.0. The molecule has 1 unspecified atom stereocenters. The summed E-state index contributed by atoms with van der Waals surface area (Å²) in [6.45, 7) is 0. The predicted molar refractivity (Wildman–Crippen MR) is 87.6 cm³/mol. The lowest BCUT2D eigenvalue weighted by molar-refractivity contribution is 0.0748. The monoisotopic (exact) mass is 321 g/mol. The largest absolute Gasteiger partial charge is 0.338 e. The Morgan fingerprint density at radius 1 is 1.43 bits per heavy atom. The summed E-state index contributed by atoms with van der Waals surface area (Å²) in [6.07, 6.45) is 1.03. The van der Waals surface area contributed by atoms with E-state index >= 15 is 0 Å². The number of benzene rings is 1. The number of rotatable bonds is 2. The Morgan fingerprint density at radius 3 is 2.95 bits per heavy atom. The molecule has 1 aromatic heterocycles. The van der Waals surface area contributed by atoms with E-state index in [4.69, 9.17) is 12.2 Å². The molecule has 0 bridgehead atoms. The molecule has 0 radical (unpaired) electrons. The fraction of sp³-hybridized carbons (Fsp3) is 0.357. The van der Waals surface area contributed by atoms with Crippen LogP contribution in [0.15, 0.2) is 23.0 Å². The first kappa shape index (κ1) is 14.3. The van der Waals surface area contributed by atoms with Gasteiger partial charge < -0.3 is 9.88 Å². The molecular formula is C14H15N3O2S2. The molecule has 1 aromatic carbocycles. The summed E-state index contributed by atoms with van der Waals surface area (Å²) in [6, 6.07) is 5.33. The average Bonchev–Trinajstić information content (AvgIpc) is 2.99. The van der Waals surface area contributed by atoms with Crippen LogP contribution in [0.1, 0.15) is 16.8 Å². The van der Waals surface area contributed by atoms with Crippen molar-refractivity contribution in [2.24, 2.45) is 0 Å². The fourth-order valence-electron chi connectivity index (χ4n) is 2.50. The number of thioether (sulfide) groups is 1. The van der Waals surface area contributed by atoms with Crippen LogP contribution < -0.4 is 5.56 Å². The lowest BCUT2D eigenvalue weighted by atomic mass is 10.1. The van der Waals surface area contributed by atoms with Gasteiger partial charge in [-0.2, -0.15) is 11.8 Å². The summed E-state index contributed by atoms with van der Waals surface area (Å²) < 4.78 is 0.262. The van der Waals surface area contributed by atoms with Crippen molar-refractivity contribution in [3.05, 3.63) is 38.9 Å². The highest BCUT2D eigenvalue weighted by Crippen LogP contribution is 2.23. The SMILES string of the molecule is CN(C(=O)c1ccc2c(=O)[nH]c(=S)[nH]c2c1)C1CCSC1. The lowest BCUT2D eigenvalue weighted by Gasteiger charge is -2.23. The van der Waals surface area contributed by atoms with Gasteiger partial charge in [-0.1, -0.05) is 0 Å². The van der Waals surface area contributed by atoms with Crippen LogP contribution >= 0.6 is 24.0 Å². The second-order valence-corrected chi connectivity index (χ2v) is 6.66. The van der Waals surface area contributed by atoms with E-state index in [9.17, 15) is 9.59 Å². The first-order valence-electron chi connectivity index (χ1n) is 6.67. The summed E-state index contributed by atoms with van der Waals surface area (Å²) in [5.74, 6) is 2.06. The molecule has 0 aliphatic carbocycles. The van der Waals surface area contributed by atoms with Crippen molar-refractivity contribution in [1.29, 1.82) is 0 Å². The molecule has 3 rings (SSSR count). The smallest absolute Gasteiger partial charge is 0.259 e. The number of fused-ring (bicyclic) bond motifs is 1. The van der Waals surface area contributed by atoms with Crippen molar-refractivity contribution in [3.63, 3.8) is 0 Å². The molecule has 1 aliphatic heterocycles. The van der Waals surface area contributed by atoms with Crippen molar-refractivity contribution < 1.29 is 4.79 Å². The van der Waals surface area contributed by atoms with Crippen molar-refractivity contribution in [1.82, 2.24) is 14.9 Å². The summed E-state index contributed by atoms with van der Waals surface area (Å²) in [4.78, 5) is 31.6. The van der Waals surface area contributed by atoms with E-state index in [1.54, 1.807) is 23.1 Å². The van der Waals surface area contributed by atoms with Crippen LogP contribution in [0.3, 0.4) is 0 Å². The van der Waals surface area contributed by atoms with E-state index < -0.39 is 0 Å². The fourth-order valence-corrected chi connectivity index (χ4v) is 3.97. The van der Waals surface area contributed by atoms with Gasteiger partial charge >= 0.3 is 0 Å². The molecule has 21 heavy (non-hydrogen) atoms. The second-order valence-electron chi connectivity index (χ2n) is 5.10. The molecule has 1 saturated heterocycles. The molecule has 1 atom stereocenters. The number of nitrogens with one attached hydrogen (secondary N) is 2. The van der Waals surface area contributed by atoms with Gasteiger partial charge in [0.05, 0.1) is 10.9 Å². The molecule has 2 aromatic rings. The molecule has 0 saturated carbocycles. The number of hydrogen-bond acceptors (Lipinski definition) is 4. The zero-order chi connectivity index (χ0) is 15.0. The van der Waals surface area contributed by atoms with Crippen LogP contribution in [-0.2, 0) is 0 Å². The second kappa shape index (κ2) is 5.65. The molecule has 2 N–H and O–H groups in total. The third kappa shape index (κ3) is 2.75. The van der Waals surface area contributed by atoms with E-state index in [-0.39, 0.29) is 22.3 Å². The Morgan fingerprint density at radius 2 is 2.24 bits per heavy atom. The summed E-state index contributed by atoms with van der Waals surface area (Å²) in [5, 5.41) is 0.499. The van der Waals surface area contributed by atoms with E-state index in [2.05, 4.69) is 9.97 Å². The number of amides is 1. The van der Waals surface area contributed by atoms with Crippen LogP contribution in [-0.4, -0.2) is 45.4 Å². The predicted octanol–water partition coefficient (Wildman–Crippen LogP) is 2.16. The average molecular weight is 321 g/mol. The molecule has 1 fully saturated rings. The van der Waals surface area contributed by atoms with Gasteiger partial charge in [-0.05, 0) is 42.6 Å². The third-order valence-electron chi connectivity index (χ3n) is 3.76. The van der Waals surface area contributed by atoms with Gasteiger partial charge in [-0.15, -0.1) is 0 Å². The number of H-pyrrole nitrogens is 2. The first-order valence-corrected chi connectivity index (χ1v) is 8.24. The van der Waals surface area contributed by atoms with Crippen LogP contribution in [0.25, 0.3) is 10.9 Å². The summed E-state index contributed by atoms with van der Waals surface area (Å²) in [7, 11) is 1.84. The topological polar surface area (TPSA) is 69.0 Å². The minimum atomic E-state index is -0.242. The molecule has 1 aliphatic rings. The molecular weight excluding hydrogens is 306 g/mol. The highest BCUT2D eigenvalue weighted by Gasteiger charge is 2.24. The number of carbonyl (C=O) groups excluding carboxylic acids is 1. The Balaban J connectivity index is 1.98. The van der Waals surface area contributed by atoms with Gasteiger partial charge in [0, 0.05) is 24.4 Å². The highest BCUT2D eigenvalue weighted by atomic mass is 32.2. The van der Waals surface area contributed by atoms with Crippen LogP contribution in [0.4, 0.5) is 0 Å². The zero-order valence-electron chi connectivity index (χ0n) is 11.5. The van der Waals surface area contributed by atoms with E-state index in [0.29, 0.717) is 16.5 Å².